The molecule has 1 amide bonds. The molecule has 0 bridgehead atoms. The minimum absolute atomic E-state index is 0.0541. The zero-order valence-electron chi connectivity index (χ0n) is 11.4. The lowest BCUT2D eigenvalue weighted by molar-refractivity contribution is -0.134. The van der Waals surface area contributed by atoms with Crippen LogP contribution in [0.5, 0.6) is 0 Å². The van der Waals surface area contributed by atoms with Gasteiger partial charge in [-0.3, -0.25) is 4.79 Å². The van der Waals surface area contributed by atoms with Crippen LogP contribution in [0.25, 0.3) is 0 Å². The second-order valence-corrected chi connectivity index (χ2v) is 5.06. The second kappa shape index (κ2) is 6.68. The Kier molecular flexibility index (Phi) is 4.93. The molecule has 1 aromatic rings. The molecule has 0 radical (unpaired) electrons. The number of hydrogen-bond acceptors (Lipinski definition) is 3. The average molecular weight is 262 g/mol. The molecule has 1 fully saturated rings. The predicted molar refractivity (Wildman–Crippen MR) is 74.7 cm³/mol. The number of nitrogens with zero attached hydrogens (tertiary/aromatic N) is 1. The Hall–Kier alpha value is -1.39. The van der Waals surface area contributed by atoms with Gasteiger partial charge in [-0.2, -0.15) is 0 Å². The number of piperidine rings is 1. The summed E-state index contributed by atoms with van der Waals surface area (Å²) < 4.78 is 5.31. The third kappa shape index (κ3) is 3.78. The van der Waals surface area contributed by atoms with E-state index in [2.05, 4.69) is 0 Å². The number of nitrogens with two attached hydrogens (primary N) is 1. The van der Waals surface area contributed by atoms with Crippen molar-refractivity contribution < 1.29 is 9.53 Å². The SMILES string of the molecule is COC1CCN(C(=O)C(N)Cc2ccccc2)CC1. The zero-order valence-corrected chi connectivity index (χ0v) is 11.4. The molecule has 1 aliphatic heterocycles. The van der Waals surface area contributed by atoms with Gasteiger partial charge >= 0.3 is 0 Å². The van der Waals surface area contributed by atoms with E-state index in [0.29, 0.717) is 6.42 Å². The van der Waals surface area contributed by atoms with Crippen LogP contribution in [0.2, 0.25) is 0 Å². The summed E-state index contributed by atoms with van der Waals surface area (Å²) in [6.45, 7) is 1.50. The van der Waals surface area contributed by atoms with Crippen LogP contribution in [-0.4, -0.2) is 43.2 Å². The van der Waals surface area contributed by atoms with Crippen LogP contribution in [0.1, 0.15) is 18.4 Å². The highest BCUT2D eigenvalue weighted by Crippen LogP contribution is 2.14. The predicted octanol–water partition coefficient (Wildman–Crippen LogP) is 1.19. The normalized spacial score (nSPS) is 18.3. The van der Waals surface area contributed by atoms with Crippen LogP contribution < -0.4 is 5.73 Å². The highest BCUT2D eigenvalue weighted by molar-refractivity contribution is 5.82. The number of amides is 1. The molecular weight excluding hydrogens is 240 g/mol. The third-order valence-corrected chi connectivity index (χ3v) is 3.70. The Bertz CT molecular complexity index is 400. The average Bonchev–Trinajstić information content (AvgIpc) is 2.47. The molecule has 0 saturated carbocycles. The first-order valence-corrected chi connectivity index (χ1v) is 6.82. The fourth-order valence-corrected chi connectivity index (χ4v) is 2.50. The maximum Gasteiger partial charge on any atom is 0.239 e. The van der Waals surface area contributed by atoms with Crippen LogP contribution >= 0.6 is 0 Å². The molecule has 0 aromatic heterocycles. The number of ether oxygens (including phenoxy) is 1. The fourth-order valence-electron chi connectivity index (χ4n) is 2.50. The van der Waals surface area contributed by atoms with Gasteiger partial charge in [-0.05, 0) is 24.8 Å². The van der Waals surface area contributed by atoms with Gasteiger partial charge in [-0.1, -0.05) is 30.3 Å². The topological polar surface area (TPSA) is 55.6 Å². The summed E-state index contributed by atoms with van der Waals surface area (Å²) in [4.78, 5) is 14.1. The summed E-state index contributed by atoms with van der Waals surface area (Å²) in [5.74, 6) is 0.0541. The Balaban J connectivity index is 1.86. The Morgan fingerprint density at radius 3 is 2.58 bits per heavy atom. The van der Waals surface area contributed by atoms with Crippen molar-refractivity contribution in [2.75, 3.05) is 20.2 Å². The van der Waals surface area contributed by atoms with Crippen LogP contribution in [0.15, 0.2) is 30.3 Å². The molecule has 1 atom stereocenters. The van der Waals surface area contributed by atoms with E-state index in [4.69, 9.17) is 10.5 Å². The maximum absolute atomic E-state index is 12.3. The lowest BCUT2D eigenvalue weighted by Gasteiger charge is -2.32. The van der Waals surface area contributed by atoms with E-state index in [1.807, 2.05) is 35.2 Å². The monoisotopic (exact) mass is 262 g/mol. The van der Waals surface area contributed by atoms with E-state index in [-0.39, 0.29) is 12.0 Å². The van der Waals surface area contributed by atoms with Gasteiger partial charge in [0.05, 0.1) is 12.1 Å². The standard InChI is InChI=1S/C15H22N2O2/c1-19-13-7-9-17(10-8-13)15(18)14(16)11-12-5-3-2-4-6-12/h2-6,13-14H,7-11,16H2,1H3. The second-order valence-electron chi connectivity index (χ2n) is 5.06. The number of carbonyl (C=O) groups excluding carboxylic acids is 1. The van der Waals surface area contributed by atoms with Gasteiger partial charge in [-0.15, -0.1) is 0 Å². The van der Waals surface area contributed by atoms with E-state index in [1.165, 1.54) is 0 Å². The number of hydrogen-bond donors (Lipinski definition) is 1. The molecule has 2 N–H and O–H groups in total. The van der Waals surface area contributed by atoms with Crippen molar-refractivity contribution in [3.63, 3.8) is 0 Å². The number of methoxy groups -OCH3 is 1. The largest absolute Gasteiger partial charge is 0.381 e. The molecule has 1 aliphatic rings. The van der Waals surface area contributed by atoms with E-state index >= 15 is 0 Å². The van der Waals surface area contributed by atoms with Gasteiger partial charge in [-0.25, -0.2) is 0 Å². The fraction of sp³-hybridized carbons (Fsp3) is 0.533. The van der Waals surface area contributed by atoms with Crippen LogP contribution in [0, 0.1) is 0 Å². The highest BCUT2D eigenvalue weighted by Gasteiger charge is 2.26. The number of likely N-dealkylation sites (tertiary alicyclic amines) is 1. The number of carbonyl (C=O) groups is 1. The van der Waals surface area contributed by atoms with Gasteiger partial charge in [0, 0.05) is 20.2 Å². The molecule has 0 spiro atoms. The van der Waals surface area contributed by atoms with Gasteiger partial charge in [0.1, 0.15) is 0 Å². The molecule has 19 heavy (non-hydrogen) atoms. The summed E-state index contributed by atoms with van der Waals surface area (Å²) in [7, 11) is 1.73. The van der Waals surface area contributed by atoms with Crippen molar-refractivity contribution in [3.05, 3.63) is 35.9 Å². The van der Waals surface area contributed by atoms with Crippen molar-refractivity contribution >= 4 is 5.91 Å². The van der Waals surface area contributed by atoms with Crippen molar-refractivity contribution in [1.82, 2.24) is 4.90 Å². The van der Waals surface area contributed by atoms with Gasteiger partial charge < -0.3 is 15.4 Å². The number of benzene rings is 1. The molecule has 0 aliphatic carbocycles. The van der Waals surface area contributed by atoms with E-state index in [9.17, 15) is 4.79 Å². The highest BCUT2D eigenvalue weighted by atomic mass is 16.5. The summed E-state index contributed by atoms with van der Waals surface area (Å²) in [6.07, 6.45) is 2.69. The van der Waals surface area contributed by atoms with E-state index < -0.39 is 6.04 Å². The van der Waals surface area contributed by atoms with Crippen molar-refractivity contribution in [1.29, 1.82) is 0 Å². The molecule has 1 aromatic carbocycles. The summed E-state index contributed by atoms with van der Waals surface area (Å²) in [5.41, 5.74) is 7.13. The Morgan fingerprint density at radius 1 is 1.37 bits per heavy atom. The molecule has 4 heteroatoms. The van der Waals surface area contributed by atoms with Crippen molar-refractivity contribution in [2.24, 2.45) is 5.73 Å². The lowest BCUT2D eigenvalue weighted by atomic mass is 10.0. The minimum Gasteiger partial charge on any atom is -0.381 e. The maximum atomic E-state index is 12.3. The molecule has 1 unspecified atom stereocenters. The molecule has 1 heterocycles. The zero-order chi connectivity index (χ0) is 13.7. The molecule has 2 rings (SSSR count). The molecule has 104 valence electrons. The van der Waals surface area contributed by atoms with Crippen molar-refractivity contribution in [3.8, 4) is 0 Å². The Morgan fingerprint density at radius 2 is 2.00 bits per heavy atom. The first-order chi connectivity index (χ1) is 9.20. The van der Waals surface area contributed by atoms with Crippen LogP contribution in [0.4, 0.5) is 0 Å². The quantitative estimate of drug-likeness (QED) is 0.887. The van der Waals surface area contributed by atoms with Crippen LogP contribution in [0.3, 0.4) is 0 Å². The lowest BCUT2D eigenvalue weighted by Crippen LogP contribution is -2.49. The van der Waals surface area contributed by atoms with Gasteiger partial charge in [0.15, 0.2) is 0 Å². The summed E-state index contributed by atoms with van der Waals surface area (Å²) >= 11 is 0. The van der Waals surface area contributed by atoms with Crippen molar-refractivity contribution in [2.45, 2.75) is 31.4 Å². The van der Waals surface area contributed by atoms with E-state index in [1.54, 1.807) is 7.11 Å². The van der Waals surface area contributed by atoms with Crippen LogP contribution in [-0.2, 0) is 16.0 Å². The molecular formula is C15H22N2O2. The smallest absolute Gasteiger partial charge is 0.239 e. The Labute approximate surface area is 114 Å². The number of rotatable bonds is 4. The first-order valence-electron chi connectivity index (χ1n) is 6.82. The molecule has 1 saturated heterocycles. The first kappa shape index (κ1) is 14.0. The van der Waals surface area contributed by atoms with E-state index in [0.717, 1.165) is 31.5 Å². The minimum atomic E-state index is -0.443. The molecule has 4 nitrogen and oxygen atoms in total. The third-order valence-electron chi connectivity index (χ3n) is 3.70. The summed E-state index contributed by atoms with van der Waals surface area (Å²) in [6, 6.07) is 9.47. The van der Waals surface area contributed by atoms with Gasteiger partial charge in [0.2, 0.25) is 5.91 Å². The van der Waals surface area contributed by atoms with Gasteiger partial charge in [0.25, 0.3) is 0 Å². The summed E-state index contributed by atoms with van der Waals surface area (Å²) in [5, 5.41) is 0.